The minimum absolute atomic E-state index is 0.144. The second kappa shape index (κ2) is 4.37. The summed E-state index contributed by atoms with van der Waals surface area (Å²) in [6.45, 7) is 1.76. The second-order valence-electron chi connectivity index (χ2n) is 3.82. The Balaban J connectivity index is 2.17. The van der Waals surface area contributed by atoms with Gasteiger partial charge in [0.05, 0.1) is 12.1 Å². The van der Waals surface area contributed by atoms with Crippen LogP contribution in [0.3, 0.4) is 0 Å². The van der Waals surface area contributed by atoms with Crippen LogP contribution in [0.25, 0.3) is 0 Å². The van der Waals surface area contributed by atoms with Crippen molar-refractivity contribution in [3.63, 3.8) is 0 Å². The van der Waals surface area contributed by atoms with Crippen LogP contribution in [0.2, 0.25) is 0 Å². The summed E-state index contributed by atoms with van der Waals surface area (Å²) in [4.78, 5) is 11.9. The highest BCUT2D eigenvalue weighted by Crippen LogP contribution is 2.09. The molecule has 0 spiro atoms. The molecule has 88 valence electrons. The zero-order valence-electron chi connectivity index (χ0n) is 9.35. The third-order valence-electron chi connectivity index (χ3n) is 2.36. The lowest BCUT2D eigenvalue weighted by Crippen LogP contribution is -2.17. The van der Waals surface area contributed by atoms with Gasteiger partial charge in [0.1, 0.15) is 11.6 Å². The number of halogens is 1. The third-order valence-corrected chi connectivity index (χ3v) is 2.36. The average Bonchev–Trinajstić information content (AvgIpc) is 2.61. The van der Waals surface area contributed by atoms with Crippen molar-refractivity contribution < 1.29 is 9.18 Å². The number of nitrogens with two attached hydrogens (primary N) is 1. The summed E-state index contributed by atoms with van der Waals surface area (Å²) in [5.74, 6) is -0.243. The van der Waals surface area contributed by atoms with E-state index in [0.29, 0.717) is 11.5 Å². The molecular formula is C12H12FN3O. The maximum Gasteiger partial charge on any atom is 0.253 e. The normalized spacial score (nSPS) is 10.5. The highest BCUT2D eigenvalue weighted by molar-refractivity contribution is 5.83. The molecule has 0 aliphatic heterocycles. The molecule has 5 heteroatoms. The molecule has 2 N–H and O–H groups in total. The Morgan fingerprint density at radius 3 is 2.59 bits per heavy atom. The number of hydrogen-bond acceptors (Lipinski definition) is 3. The number of aromatic nitrogens is 2. The Kier molecular flexibility index (Phi) is 2.91. The van der Waals surface area contributed by atoms with E-state index < -0.39 is 0 Å². The predicted octanol–water partition coefficient (Wildman–Crippen LogP) is 1.80. The molecule has 0 unspecified atom stereocenters. The molecule has 0 bridgehead atoms. The molecule has 0 fully saturated rings. The Morgan fingerprint density at radius 1 is 1.41 bits per heavy atom. The quantitative estimate of drug-likeness (QED) is 0.860. The standard InChI is InChI=1S/C12H12FN3O/c1-8-6-11(14)16(15-8)12(17)7-9-2-4-10(13)5-3-9/h2-6H,7,14H2,1H3. The molecule has 0 radical (unpaired) electrons. The van der Waals surface area contributed by atoms with E-state index in [9.17, 15) is 9.18 Å². The molecule has 0 saturated carbocycles. The van der Waals surface area contributed by atoms with Gasteiger partial charge in [-0.25, -0.2) is 4.39 Å². The number of anilines is 1. The third kappa shape index (κ3) is 2.50. The Morgan fingerprint density at radius 2 is 2.06 bits per heavy atom. The van der Waals surface area contributed by atoms with Gasteiger partial charge >= 0.3 is 0 Å². The summed E-state index contributed by atoms with van der Waals surface area (Å²) in [6.07, 6.45) is 0.144. The first-order valence-electron chi connectivity index (χ1n) is 5.16. The number of benzene rings is 1. The lowest BCUT2D eigenvalue weighted by molar-refractivity contribution is 0.0901. The summed E-state index contributed by atoms with van der Waals surface area (Å²) < 4.78 is 13.9. The van der Waals surface area contributed by atoms with Gasteiger partial charge < -0.3 is 5.73 Å². The molecule has 2 aromatic rings. The minimum Gasteiger partial charge on any atom is -0.383 e. The van der Waals surface area contributed by atoms with E-state index in [1.807, 2.05) is 0 Å². The van der Waals surface area contributed by atoms with Crippen molar-refractivity contribution in [2.24, 2.45) is 0 Å². The first-order valence-corrected chi connectivity index (χ1v) is 5.16. The summed E-state index contributed by atoms with van der Waals surface area (Å²) >= 11 is 0. The topological polar surface area (TPSA) is 60.9 Å². The van der Waals surface area contributed by atoms with Gasteiger partial charge in [0, 0.05) is 6.07 Å². The summed E-state index contributed by atoms with van der Waals surface area (Å²) in [5, 5.41) is 3.99. The molecule has 0 amide bonds. The SMILES string of the molecule is Cc1cc(N)n(C(=O)Cc2ccc(F)cc2)n1. The fraction of sp³-hybridized carbons (Fsp3) is 0.167. The van der Waals surface area contributed by atoms with Gasteiger partial charge in [-0.05, 0) is 24.6 Å². The van der Waals surface area contributed by atoms with Crippen LogP contribution < -0.4 is 5.73 Å². The van der Waals surface area contributed by atoms with E-state index in [1.165, 1.54) is 16.8 Å². The van der Waals surface area contributed by atoms with Crippen molar-refractivity contribution in [2.75, 3.05) is 5.73 Å². The maximum atomic E-state index is 12.7. The van der Waals surface area contributed by atoms with Gasteiger partial charge in [0.15, 0.2) is 0 Å². The van der Waals surface area contributed by atoms with Gasteiger partial charge in [0.25, 0.3) is 5.91 Å². The van der Waals surface area contributed by atoms with E-state index in [2.05, 4.69) is 5.10 Å². The molecule has 0 saturated heterocycles. The number of carbonyl (C=O) groups excluding carboxylic acids is 1. The van der Waals surface area contributed by atoms with Gasteiger partial charge in [-0.2, -0.15) is 9.78 Å². The monoisotopic (exact) mass is 233 g/mol. The average molecular weight is 233 g/mol. The molecule has 1 heterocycles. The molecule has 1 aromatic heterocycles. The fourth-order valence-corrected chi connectivity index (χ4v) is 1.57. The summed E-state index contributed by atoms with van der Waals surface area (Å²) in [5.41, 5.74) is 7.06. The second-order valence-corrected chi connectivity index (χ2v) is 3.82. The van der Waals surface area contributed by atoms with Crippen molar-refractivity contribution in [1.29, 1.82) is 0 Å². The molecule has 17 heavy (non-hydrogen) atoms. The van der Waals surface area contributed by atoms with Crippen LogP contribution in [0.5, 0.6) is 0 Å². The number of aryl methyl sites for hydroxylation is 1. The van der Waals surface area contributed by atoms with Crippen LogP contribution in [0.1, 0.15) is 16.1 Å². The van der Waals surface area contributed by atoms with E-state index in [4.69, 9.17) is 5.73 Å². The fourth-order valence-electron chi connectivity index (χ4n) is 1.57. The Hall–Kier alpha value is -2.17. The summed E-state index contributed by atoms with van der Waals surface area (Å²) in [6, 6.07) is 7.41. The smallest absolute Gasteiger partial charge is 0.253 e. The maximum absolute atomic E-state index is 12.7. The van der Waals surface area contributed by atoms with Crippen molar-refractivity contribution in [1.82, 2.24) is 9.78 Å². The van der Waals surface area contributed by atoms with Crippen LogP contribution >= 0.6 is 0 Å². The van der Waals surface area contributed by atoms with E-state index in [-0.39, 0.29) is 18.1 Å². The van der Waals surface area contributed by atoms with E-state index in [1.54, 1.807) is 25.1 Å². The van der Waals surface area contributed by atoms with Gasteiger partial charge in [-0.15, -0.1) is 0 Å². The highest BCUT2D eigenvalue weighted by Gasteiger charge is 2.11. The Bertz CT molecular complexity index is 545. The van der Waals surface area contributed by atoms with Crippen LogP contribution in [0, 0.1) is 12.7 Å². The Labute approximate surface area is 97.9 Å². The van der Waals surface area contributed by atoms with E-state index >= 15 is 0 Å². The van der Waals surface area contributed by atoms with Gasteiger partial charge in [-0.1, -0.05) is 12.1 Å². The molecule has 0 aliphatic rings. The van der Waals surface area contributed by atoms with Crippen molar-refractivity contribution >= 4 is 11.7 Å². The number of nitrogens with zero attached hydrogens (tertiary/aromatic N) is 2. The van der Waals surface area contributed by atoms with Crippen molar-refractivity contribution in [3.05, 3.63) is 47.4 Å². The van der Waals surface area contributed by atoms with Crippen LogP contribution in [0.15, 0.2) is 30.3 Å². The molecule has 2 rings (SSSR count). The van der Waals surface area contributed by atoms with Crippen LogP contribution in [-0.2, 0) is 6.42 Å². The van der Waals surface area contributed by atoms with Crippen molar-refractivity contribution in [3.8, 4) is 0 Å². The van der Waals surface area contributed by atoms with Crippen molar-refractivity contribution in [2.45, 2.75) is 13.3 Å². The first-order chi connectivity index (χ1) is 8.06. The zero-order chi connectivity index (χ0) is 12.4. The lowest BCUT2D eigenvalue weighted by Gasteiger charge is -2.02. The molecule has 4 nitrogen and oxygen atoms in total. The van der Waals surface area contributed by atoms with Crippen LogP contribution in [0.4, 0.5) is 10.2 Å². The highest BCUT2D eigenvalue weighted by atomic mass is 19.1. The molecular weight excluding hydrogens is 221 g/mol. The predicted molar refractivity (Wildman–Crippen MR) is 62.1 cm³/mol. The molecule has 0 aliphatic carbocycles. The van der Waals surface area contributed by atoms with Crippen LogP contribution in [-0.4, -0.2) is 15.7 Å². The minimum atomic E-state index is -0.323. The number of nitrogen functional groups attached to an aromatic ring is 1. The van der Waals surface area contributed by atoms with Gasteiger partial charge in [0.2, 0.25) is 0 Å². The lowest BCUT2D eigenvalue weighted by atomic mass is 10.1. The van der Waals surface area contributed by atoms with E-state index in [0.717, 1.165) is 5.56 Å². The zero-order valence-corrected chi connectivity index (χ0v) is 9.35. The number of rotatable bonds is 2. The number of carbonyl (C=O) groups is 1. The largest absolute Gasteiger partial charge is 0.383 e. The van der Waals surface area contributed by atoms with Gasteiger partial charge in [-0.3, -0.25) is 4.79 Å². The molecule has 0 atom stereocenters. The molecule has 1 aromatic carbocycles. The number of hydrogen-bond donors (Lipinski definition) is 1. The summed E-state index contributed by atoms with van der Waals surface area (Å²) in [7, 11) is 0. The first kappa shape index (κ1) is 11.3.